The fraction of sp³-hybridized carbons (Fsp3) is 0.190. The van der Waals surface area contributed by atoms with Gasteiger partial charge in [0.25, 0.3) is 5.69 Å². The van der Waals surface area contributed by atoms with Crippen LogP contribution in [-0.2, 0) is 17.9 Å². The zero-order chi connectivity index (χ0) is 22.2. The first-order chi connectivity index (χ1) is 15.0. The predicted octanol–water partition coefficient (Wildman–Crippen LogP) is 3.99. The number of ether oxygens (including phenoxy) is 1. The zero-order valence-electron chi connectivity index (χ0n) is 16.9. The van der Waals surface area contributed by atoms with E-state index in [-0.39, 0.29) is 24.0 Å². The van der Waals surface area contributed by atoms with Crippen LogP contribution in [0, 0.1) is 17.0 Å². The molecule has 1 amide bonds. The zero-order valence-corrected chi connectivity index (χ0v) is 17.7. The molecule has 10 heteroatoms. The Labute approximate surface area is 183 Å². The minimum atomic E-state index is -0.511. The monoisotopic (exact) mass is 439 g/mol. The van der Waals surface area contributed by atoms with Crippen molar-refractivity contribution < 1.29 is 14.5 Å². The van der Waals surface area contributed by atoms with E-state index in [4.69, 9.17) is 4.74 Å². The Kier molecular flexibility index (Phi) is 7.39. The number of aryl methyl sites for hydroxylation is 1. The van der Waals surface area contributed by atoms with Gasteiger partial charge in [-0.25, -0.2) is 0 Å². The summed E-state index contributed by atoms with van der Waals surface area (Å²) in [7, 11) is 0. The van der Waals surface area contributed by atoms with Gasteiger partial charge >= 0.3 is 0 Å². The molecule has 160 valence electrons. The van der Waals surface area contributed by atoms with Crippen LogP contribution in [0.3, 0.4) is 0 Å². The molecule has 0 aliphatic rings. The standard InChI is InChI=1S/C21H21N5O4S/c1-3-11-25-19(13-30-18-10-5-4-7-15(18)2)23-24-21(25)31-14-20(27)22-16-8-6-9-17(12-16)26(28)29/h3-10,12H,1,11,13-14H2,2H3,(H,22,27). The molecule has 1 heterocycles. The van der Waals surface area contributed by atoms with Gasteiger partial charge in [-0.3, -0.25) is 19.5 Å². The third kappa shape index (κ3) is 5.92. The van der Waals surface area contributed by atoms with Crippen molar-refractivity contribution in [3.05, 3.63) is 82.7 Å². The number of para-hydroxylation sites is 1. The van der Waals surface area contributed by atoms with Crippen LogP contribution in [0.5, 0.6) is 5.75 Å². The second kappa shape index (κ2) is 10.4. The highest BCUT2D eigenvalue weighted by Gasteiger charge is 2.15. The Morgan fingerprint density at radius 2 is 2.10 bits per heavy atom. The summed E-state index contributed by atoms with van der Waals surface area (Å²) < 4.78 is 7.69. The van der Waals surface area contributed by atoms with Gasteiger partial charge in [-0.1, -0.05) is 42.1 Å². The summed E-state index contributed by atoms with van der Waals surface area (Å²) in [6.45, 7) is 6.42. The number of nitrogens with zero attached hydrogens (tertiary/aromatic N) is 4. The molecule has 0 saturated heterocycles. The molecule has 3 aromatic rings. The molecule has 0 radical (unpaired) electrons. The lowest BCUT2D eigenvalue weighted by atomic mass is 10.2. The first-order valence-electron chi connectivity index (χ1n) is 9.36. The van der Waals surface area contributed by atoms with Gasteiger partial charge in [-0.05, 0) is 24.6 Å². The third-order valence-electron chi connectivity index (χ3n) is 4.23. The molecule has 0 bridgehead atoms. The van der Waals surface area contributed by atoms with Gasteiger partial charge in [-0.2, -0.15) is 0 Å². The van der Waals surface area contributed by atoms with E-state index in [9.17, 15) is 14.9 Å². The summed E-state index contributed by atoms with van der Waals surface area (Å²) >= 11 is 1.21. The maximum Gasteiger partial charge on any atom is 0.271 e. The van der Waals surface area contributed by atoms with E-state index >= 15 is 0 Å². The van der Waals surface area contributed by atoms with Crippen molar-refractivity contribution in [3.8, 4) is 5.75 Å². The Hall–Kier alpha value is -3.66. The van der Waals surface area contributed by atoms with Gasteiger partial charge in [0.05, 0.1) is 10.7 Å². The predicted molar refractivity (Wildman–Crippen MR) is 118 cm³/mol. The molecule has 31 heavy (non-hydrogen) atoms. The number of non-ortho nitro benzene ring substituents is 1. The highest BCUT2D eigenvalue weighted by atomic mass is 32.2. The van der Waals surface area contributed by atoms with E-state index in [0.29, 0.717) is 23.2 Å². The van der Waals surface area contributed by atoms with Gasteiger partial charge < -0.3 is 10.1 Å². The summed E-state index contributed by atoms with van der Waals surface area (Å²) in [6.07, 6.45) is 1.72. The van der Waals surface area contributed by atoms with Gasteiger partial charge in [0.2, 0.25) is 5.91 Å². The van der Waals surface area contributed by atoms with Crippen molar-refractivity contribution in [2.75, 3.05) is 11.1 Å². The number of carbonyl (C=O) groups is 1. The van der Waals surface area contributed by atoms with Crippen LogP contribution in [-0.4, -0.2) is 31.3 Å². The largest absolute Gasteiger partial charge is 0.485 e. The van der Waals surface area contributed by atoms with Gasteiger partial charge in [0.1, 0.15) is 12.4 Å². The number of thioether (sulfide) groups is 1. The number of amides is 1. The highest BCUT2D eigenvalue weighted by molar-refractivity contribution is 7.99. The number of nitro groups is 1. The fourth-order valence-electron chi connectivity index (χ4n) is 2.73. The maximum absolute atomic E-state index is 12.3. The summed E-state index contributed by atoms with van der Waals surface area (Å²) in [5.74, 6) is 1.14. The topological polar surface area (TPSA) is 112 Å². The lowest BCUT2D eigenvalue weighted by molar-refractivity contribution is -0.384. The molecule has 1 N–H and O–H groups in total. The first-order valence-corrected chi connectivity index (χ1v) is 10.3. The molecular weight excluding hydrogens is 418 g/mol. The van der Waals surface area contributed by atoms with Crippen molar-refractivity contribution in [2.45, 2.75) is 25.2 Å². The van der Waals surface area contributed by atoms with E-state index < -0.39 is 4.92 Å². The van der Waals surface area contributed by atoms with Gasteiger partial charge in [0.15, 0.2) is 11.0 Å². The Bertz CT molecular complexity index is 1100. The number of aromatic nitrogens is 3. The average molecular weight is 439 g/mol. The van der Waals surface area contributed by atoms with Crippen molar-refractivity contribution in [1.82, 2.24) is 14.8 Å². The average Bonchev–Trinajstić information content (AvgIpc) is 3.14. The number of nitro benzene ring substituents is 1. The normalized spacial score (nSPS) is 10.5. The molecule has 3 rings (SSSR count). The number of carbonyl (C=O) groups excluding carboxylic acids is 1. The number of benzene rings is 2. The Balaban J connectivity index is 1.62. The maximum atomic E-state index is 12.3. The molecule has 9 nitrogen and oxygen atoms in total. The molecule has 0 atom stereocenters. The number of hydrogen-bond acceptors (Lipinski definition) is 7. The number of hydrogen-bond donors (Lipinski definition) is 1. The third-order valence-corrected chi connectivity index (χ3v) is 5.20. The summed E-state index contributed by atoms with van der Waals surface area (Å²) in [5, 5.41) is 22.4. The van der Waals surface area contributed by atoms with Crippen LogP contribution in [0.2, 0.25) is 0 Å². The van der Waals surface area contributed by atoms with Crippen molar-refractivity contribution in [3.63, 3.8) is 0 Å². The highest BCUT2D eigenvalue weighted by Crippen LogP contribution is 2.22. The van der Waals surface area contributed by atoms with Crippen LogP contribution in [0.4, 0.5) is 11.4 Å². The molecule has 0 spiro atoms. The van der Waals surface area contributed by atoms with Crippen LogP contribution < -0.4 is 10.1 Å². The molecule has 1 aromatic heterocycles. The van der Waals surface area contributed by atoms with E-state index in [1.165, 1.54) is 30.0 Å². The van der Waals surface area contributed by atoms with Gasteiger partial charge in [-0.15, -0.1) is 16.8 Å². The quantitative estimate of drug-likeness (QED) is 0.220. The number of nitrogens with one attached hydrogen (secondary N) is 1. The van der Waals surface area contributed by atoms with E-state index in [1.54, 1.807) is 12.1 Å². The van der Waals surface area contributed by atoms with Crippen LogP contribution in [0.25, 0.3) is 0 Å². The molecule has 0 unspecified atom stereocenters. The molecule has 0 fully saturated rings. The minimum Gasteiger partial charge on any atom is -0.485 e. The molecule has 0 aliphatic heterocycles. The molecule has 0 saturated carbocycles. The molecule has 2 aromatic carbocycles. The number of rotatable bonds is 10. The summed E-state index contributed by atoms with van der Waals surface area (Å²) in [6, 6.07) is 13.5. The SMILES string of the molecule is C=CCn1c(COc2ccccc2C)nnc1SCC(=O)Nc1cccc([N+](=O)[O-])c1. The van der Waals surface area contributed by atoms with Crippen molar-refractivity contribution >= 4 is 29.0 Å². The van der Waals surface area contributed by atoms with Gasteiger partial charge in [0, 0.05) is 24.4 Å². The van der Waals surface area contributed by atoms with E-state index in [1.807, 2.05) is 35.8 Å². The second-order valence-corrected chi connectivity index (χ2v) is 7.44. The smallest absolute Gasteiger partial charge is 0.271 e. The Morgan fingerprint density at radius 1 is 1.29 bits per heavy atom. The summed E-state index contributed by atoms with van der Waals surface area (Å²) in [4.78, 5) is 22.6. The van der Waals surface area contributed by atoms with Crippen LogP contribution in [0.15, 0.2) is 66.3 Å². The minimum absolute atomic E-state index is 0.0661. The van der Waals surface area contributed by atoms with Crippen molar-refractivity contribution in [2.24, 2.45) is 0 Å². The molecule has 0 aliphatic carbocycles. The van der Waals surface area contributed by atoms with Crippen LogP contribution >= 0.6 is 11.8 Å². The molecular formula is C21H21N5O4S. The second-order valence-electron chi connectivity index (χ2n) is 6.50. The first kappa shape index (κ1) is 22.0. The lowest BCUT2D eigenvalue weighted by Gasteiger charge is -2.10. The van der Waals surface area contributed by atoms with Crippen LogP contribution in [0.1, 0.15) is 11.4 Å². The Morgan fingerprint density at radius 3 is 2.84 bits per heavy atom. The van der Waals surface area contributed by atoms with E-state index in [2.05, 4.69) is 22.1 Å². The number of anilines is 1. The lowest BCUT2D eigenvalue weighted by Crippen LogP contribution is -2.15. The fourth-order valence-corrected chi connectivity index (χ4v) is 3.50. The number of allylic oxidation sites excluding steroid dienone is 1. The summed E-state index contributed by atoms with van der Waals surface area (Å²) in [5.41, 5.74) is 1.29. The van der Waals surface area contributed by atoms with E-state index in [0.717, 1.165) is 11.3 Å². The van der Waals surface area contributed by atoms with Crippen molar-refractivity contribution in [1.29, 1.82) is 0 Å².